The van der Waals surface area contributed by atoms with Crippen LogP contribution in [0.25, 0.3) is 0 Å². The molecule has 0 fully saturated rings. The summed E-state index contributed by atoms with van der Waals surface area (Å²) in [7, 11) is 3.97. The monoisotopic (exact) mass is 370 g/mol. The average Bonchev–Trinajstić information content (AvgIpc) is 2.75. The van der Waals surface area contributed by atoms with E-state index in [1.54, 1.807) is 16.7 Å². The van der Waals surface area contributed by atoms with Gasteiger partial charge in [-0.1, -0.05) is 43.3 Å². The van der Waals surface area contributed by atoms with Gasteiger partial charge in [-0.3, -0.25) is 4.79 Å². The molecule has 26 heavy (non-hydrogen) atoms. The van der Waals surface area contributed by atoms with Crippen LogP contribution in [0, 0.1) is 0 Å². The van der Waals surface area contributed by atoms with Gasteiger partial charge in [-0.25, -0.2) is 0 Å². The van der Waals surface area contributed by atoms with Gasteiger partial charge < -0.3 is 14.9 Å². The number of hydrogen-bond donors (Lipinski definition) is 1. The van der Waals surface area contributed by atoms with Crippen molar-refractivity contribution in [2.45, 2.75) is 29.6 Å². The van der Waals surface area contributed by atoms with E-state index in [4.69, 9.17) is 0 Å². The zero-order chi connectivity index (χ0) is 18.7. The fourth-order valence-electron chi connectivity index (χ4n) is 3.13. The van der Waals surface area contributed by atoms with E-state index in [0.29, 0.717) is 6.54 Å². The minimum Gasteiger partial charge on any atom is -0.382 e. The molecule has 0 bridgehead atoms. The molecule has 2 aromatic carbocycles. The molecule has 4 nitrogen and oxygen atoms in total. The molecule has 1 amide bonds. The number of carbonyl (C=O) groups excluding carboxylic acids is 1. The lowest BCUT2D eigenvalue weighted by molar-refractivity contribution is -0.126. The number of aliphatic hydroxyl groups excluding tert-OH is 1. The topological polar surface area (TPSA) is 43.8 Å². The summed E-state index contributed by atoms with van der Waals surface area (Å²) in [5.74, 6) is -0.226. The summed E-state index contributed by atoms with van der Waals surface area (Å²) in [6.07, 6.45) is -0.125. The number of thioether (sulfide) groups is 1. The fourth-order valence-corrected chi connectivity index (χ4v) is 4.46. The van der Waals surface area contributed by atoms with Gasteiger partial charge in [0.2, 0.25) is 0 Å². The predicted octanol–water partition coefficient (Wildman–Crippen LogP) is 3.35. The van der Waals surface area contributed by atoms with Crippen molar-refractivity contribution in [3.63, 3.8) is 0 Å². The van der Waals surface area contributed by atoms with Crippen LogP contribution in [0.2, 0.25) is 0 Å². The molecule has 3 rings (SSSR count). The fraction of sp³-hybridized carbons (Fsp3) is 0.381. The molecule has 1 aliphatic heterocycles. The first-order valence-corrected chi connectivity index (χ1v) is 9.88. The predicted molar refractivity (Wildman–Crippen MR) is 108 cm³/mol. The van der Waals surface area contributed by atoms with Gasteiger partial charge in [0.25, 0.3) is 5.91 Å². The van der Waals surface area contributed by atoms with Gasteiger partial charge in [-0.2, -0.15) is 0 Å². The third-order valence-corrected chi connectivity index (χ3v) is 6.05. The summed E-state index contributed by atoms with van der Waals surface area (Å²) in [5, 5.41) is 10.6. The third kappa shape index (κ3) is 3.95. The van der Waals surface area contributed by atoms with Crippen molar-refractivity contribution in [2.24, 2.45) is 0 Å². The van der Waals surface area contributed by atoms with Gasteiger partial charge in [0.05, 0.1) is 10.9 Å². The van der Waals surface area contributed by atoms with Crippen LogP contribution in [-0.4, -0.2) is 49.2 Å². The number of aliphatic hydroxyl groups is 1. The van der Waals surface area contributed by atoms with Gasteiger partial charge in [0.1, 0.15) is 6.10 Å². The van der Waals surface area contributed by atoms with Gasteiger partial charge in [0, 0.05) is 18.0 Å². The van der Waals surface area contributed by atoms with Crippen molar-refractivity contribution in [3.8, 4) is 0 Å². The summed E-state index contributed by atoms with van der Waals surface area (Å²) in [5.41, 5.74) is 3.11. The highest BCUT2D eigenvalue weighted by atomic mass is 32.2. The number of amides is 1. The minimum absolute atomic E-state index is 0.226. The molecule has 5 heteroatoms. The van der Waals surface area contributed by atoms with Crippen molar-refractivity contribution in [1.82, 2.24) is 4.90 Å². The lowest BCUT2D eigenvalue weighted by atomic mass is 10.1. The summed E-state index contributed by atoms with van der Waals surface area (Å²) in [4.78, 5) is 18.0. The van der Waals surface area contributed by atoms with Crippen molar-refractivity contribution in [1.29, 1.82) is 0 Å². The molecule has 0 spiro atoms. The number of likely N-dealkylation sites (N-methyl/N-ethyl adjacent to an activating group) is 1. The maximum Gasteiger partial charge on any atom is 0.257 e. The second-order valence-corrected chi connectivity index (χ2v) is 8.03. The molecule has 0 saturated heterocycles. The van der Waals surface area contributed by atoms with Gasteiger partial charge in [0.15, 0.2) is 0 Å². The molecule has 1 heterocycles. The molecule has 0 unspecified atom stereocenters. The lowest BCUT2D eigenvalue weighted by Crippen LogP contribution is -2.43. The highest BCUT2D eigenvalue weighted by Crippen LogP contribution is 2.46. The van der Waals surface area contributed by atoms with Crippen LogP contribution in [0.15, 0.2) is 53.4 Å². The van der Waals surface area contributed by atoms with Gasteiger partial charge >= 0.3 is 0 Å². The van der Waals surface area contributed by atoms with E-state index in [2.05, 4.69) is 19.1 Å². The van der Waals surface area contributed by atoms with Gasteiger partial charge in [-0.05, 0) is 43.8 Å². The smallest absolute Gasteiger partial charge is 0.257 e. The normalized spacial score (nSPS) is 20.2. The van der Waals surface area contributed by atoms with E-state index >= 15 is 0 Å². The highest BCUT2D eigenvalue weighted by molar-refractivity contribution is 7.99. The summed E-state index contributed by atoms with van der Waals surface area (Å²) < 4.78 is 0. The molecule has 1 aliphatic rings. The maximum absolute atomic E-state index is 13.1. The largest absolute Gasteiger partial charge is 0.382 e. The molecule has 0 radical (unpaired) electrons. The van der Waals surface area contributed by atoms with Crippen LogP contribution in [0.5, 0.6) is 0 Å². The first-order valence-electron chi connectivity index (χ1n) is 9.00. The van der Waals surface area contributed by atoms with E-state index in [-0.39, 0.29) is 11.2 Å². The number of rotatable bonds is 5. The Morgan fingerprint density at radius 2 is 1.88 bits per heavy atom. The van der Waals surface area contributed by atoms with Gasteiger partial charge in [-0.15, -0.1) is 11.8 Å². The van der Waals surface area contributed by atoms with Crippen molar-refractivity contribution in [3.05, 3.63) is 59.7 Å². The SMILES string of the molecule is CCc1ccc2c(c1)S[C@H](c1ccccc1)[C@H](O)C(=O)N2CCN(C)C. The minimum atomic E-state index is -1.07. The van der Waals surface area contributed by atoms with E-state index in [1.807, 2.05) is 55.4 Å². The molecular weight excluding hydrogens is 344 g/mol. The number of anilines is 1. The van der Waals surface area contributed by atoms with Crippen LogP contribution in [0.1, 0.15) is 23.3 Å². The van der Waals surface area contributed by atoms with E-state index in [1.165, 1.54) is 5.56 Å². The molecule has 2 atom stereocenters. The Labute approximate surface area is 159 Å². The summed E-state index contributed by atoms with van der Waals surface area (Å²) in [6.45, 7) is 3.43. The number of nitrogens with zero attached hydrogens (tertiary/aromatic N) is 2. The molecule has 0 aromatic heterocycles. The Morgan fingerprint density at radius 1 is 1.15 bits per heavy atom. The highest BCUT2D eigenvalue weighted by Gasteiger charge is 2.37. The average molecular weight is 371 g/mol. The Morgan fingerprint density at radius 3 is 2.54 bits per heavy atom. The number of aryl methyl sites for hydroxylation is 1. The molecule has 1 N–H and O–H groups in total. The first-order chi connectivity index (χ1) is 12.5. The van der Waals surface area contributed by atoms with Crippen LogP contribution in [0.3, 0.4) is 0 Å². The number of benzene rings is 2. The van der Waals surface area contributed by atoms with Crippen LogP contribution >= 0.6 is 11.8 Å². The van der Waals surface area contributed by atoms with Crippen molar-refractivity contribution < 1.29 is 9.90 Å². The molecule has 2 aromatic rings. The lowest BCUT2D eigenvalue weighted by Gasteiger charge is -2.26. The van der Waals surface area contributed by atoms with E-state index in [9.17, 15) is 9.90 Å². The zero-order valence-electron chi connectivity index (χ0n) is 15.6. The van der Waals surface area contributed by atoms with Crippen molar-refractivity contribution >= 4 is 23.4 Å². The van der Waals surface area contributed by atoms with E-state index in [0.717, 1.165) is 29.1 Å². The summed E-state index contributed by atoms with van der Waals surface area (Å²) in [6, 6.07) is 16.1. The van der Waals surface area contributed by atoms with Crippen LogP contribution in [0.4, 0.5) is 5.69 Å². The number of hydrogen-bond acceptors (Lipinski definition) is 4. The molecular formula is C21H26N2O2S. The Balaban J connectivity index is 2.04. The van der Waals surface area contributed by atoms with E-state index < -0.39 is 6.10 Å². The number of carbonyl (C=O) groups is 1. The first kappa shape index (κ1) is 19.0. The molecule has 0 aliphatic carbocycles. The molecule has 138 valence electrons. The second kappa shape index (κ2) is 8.25. The van der Waals surface area contributed by atoms with Crippen LogP contribution in [-0.2, 0) is 11.2 Å². The standard InChI is InChI=1S/C21H26N2O2S/c1-4-15-10-11-17-18(14-15)26-20(16-8-6-5-7-9-16)19(24)21(25)23(17)13-12-22(2)3/h5-11,14,19-20,24H,4,12-13H2,1-3H3/t19-,20+/m0/s1. The molecule has 0 saturated carbocycles. The van der Waals surface area contributed by atoms with Crippen molar-refractivity contribution in [2.75, 3.05) is 32.1 Å². The Bertz CT molecular complexity index is 764. The number of fused-ring (bicyclic) bond motifs is 1. The second-order valence-electron chi connectivity index (χ2n) is 6.84. The Hall–Kier alpha value is -1.82. The third-order valence-electron chi connectivity index (χ3n) is 4.68. The van der Waals surface area contributed by atoms with Crippen LogP contribution < -0.4 is 4.90 Å². The summed E-state index contributed by atoms with van der Waals surface area (Å²) >= 11 is 1.58. The zero-order valence-corrected chi connectivity index (χ0v) is 16.4. The quantitative estimate of drug-likeness (QED) is 0.877. The maximum atomic E-state index is 13.1. The Kier molecular flexibility index (Phi) is 6.01.